The first-order valence-corrected chi connectivity index (χ1v) is 8.86. The Morgan fingerprint density at radius 1 is 1.35 bits per heavy atom. The summed E-state index contributed by atoms with van der Waals surface area (Å²) in [6.07, 6.45) is 1.27. The largest absolute Gasteiger partial charge is 0.340 e. The Hall–Kier alpha value is -0.700. The fourth-order valence-electron chi connectivity index (χ4n) is 2.00. The monoisotopic (exact) mass is 337 g/mol. The third-order valence-electron chi connectivity index (χ3n) is 3.09. The van der Waals surface area contributed by atoms with Crippen molar-refractivity contribution in [3.8, 4) is 0 Å². The SMILES string of the molecule is CC(C)C(=O)N1CCN(S(=O)(=O)c2cnc(Cl)s2)CC1. The highest BCUT2D eigenvalue weighted by Crippen LogP contribution is 2.26. The van der Waals surface area contributed by atoms with Crippen molar-refractivity contribution in [3.63, 3.8) is 0 Å². The summed E-state index contributed by atoms with van der Waals surface area (Å²) in [5, 5.41) is 0. The molecular formula is C11H16ClN3O3S2. The van der Waals surface area contributed by atoms with Crippen LogP contribution in [0.25, 0.3) is 0 Å². The zero-order valence-electron chi connectivity index (χ0n) is 11.2. The van der Waals surface area contributed by atoms with Crippen LogP contribution in [0.15, 0.2) is 10.4 Å². The van der Waals surface area contributed by atoms with Gasteiger partial charge in [0.05, 0.1) is 6.20 Å². The summed E-state index contributed by atoms with van der Waals surface area (Å²) < 4.78 is 26.4. The van der Waals surface area contributed by atoms with E-state index in [9.17, 15) is 13.2 Å². The van der Waals surface area contributed by atoms with Crippen LogP contribution >= 0.6 is 22.9 Å². The lowest BCUT2D eigenvalue weighted by Crippen LogP contribution is -2.51. The number of amides is 1. The standard InChI is InChI=1S/C11H16ClN3O3S2/c1-8(2)10(16)14-3-5-15(6-4-14)20(17,18)9-7-13-11(12)19-9/h7-8H,3-6H2,1-2H3. The van der Waals surface area contributed by atoms with Gasteiger partial charge in [-0.25, -0.2) is 13.4 Å². The predicted molar refractivity (Wildman–Crippen MR) is 77.3 cm³/mol. The average molecular weight is 338 g/mol. The van der Waals surface area contributed by atoms with Gasteiger partial charge in [0.25, 0.3) is 10.0 Å². The van der Waals surface area contributed by atoms with E-state index in [0.717, 1.165) is 11.3 Å². The molecule has 1 aliphatic rings. The molecule has 1 aliphatic heterocycles. The van der Waals surface area contributed by atoms with Crippen molar-refractivity contribution in [2.75, 3.05) is 26.2 Å². The summed E-state index contributed by atoms with van der Waals surface area (Å²) in [4.78, 5) is 17.3. The maximum atomic E-state index is 12.3. The number of hydrogen-bond acceptors (Lipinski definition) is 5. The molecule has 2 heterocycles. The number of piperazine rings is 1. The molecule has 1 fully saturated rings. The summed E-state index contributed by atoms with van der Waals surface area (Å²) in [5.74, 6) is -0.0126. The molecule has 2 rings (SSSR count). The molecule has 20 heavy (non-hydrogen) atoms. The normalized spacial score (nSPS) is 17.7. The third kappa shape index (κ3) is 3.13. The molecule has 6 nitrogen and oxygen atoms in total. The highest BCUT2D eigenvalue weighted by Gasteiger charge is 2.31. The Kier molecular flexibility index (Phi) is 4.68. The lowest BCUT2D eigenvalue weighted by molar-refractivity contribution is -0.135. The van der Waals surface area contributed by atoms with E-state index in [-0.39, 0.29) is 20.5 Å². The Balaban J connectivity index is 2.05. The van der Waals surface area contributed by atoms with Crippen molar-refractivity contribution < 1.29 is 13.2 Å². The molecule has 0 aromatic carbocycles. The van der Waals surface area contributed by atoms with E-state index in [1.807, 2.05) is 13.8 Å². The topological polar surface area (TPSA) is 70.6 Å². The summed E-state index contributed by atoms with van der Waals surface area (Å²) in [6.45, 7) is 5.12. The van der Waals surface area contributed by atoms with E-state index in [1.54, 1.807) is 4.90 Å². The molecule has 9 heteroatoms. The van der Waals surface area contributed by atoms with E-state index >= 15 is 0 Å². The van der Waals surface area contributed by atoms with Gasteiger partial charge in [-0.15, -0.1) is 0 Å². The second-order valence-electron chi connectivity index (χ2n) is 4.82. The molecule has 0 saturated carbocycles. The van der Waals surface area contributed by atoms with Crippen LogP contribution in [-0.4, -0.2) is 54.7 Å². The van der Waals surface area contributed by atoms with Crippen LogP contribution in [0.5, 0.6) is 0 Å². The van der Waals surface area contributed by atoms with Crippen LogP contribution in [0.3, 0.4) is 0 Å². The average Bonchev–Trinajstić information content (AvgIpc) is 2.85. The highest BCUT2D eigenvalue weighted by atomic mass is 35.5. The molecule has 1 aromatic rings. The predicted octanol–water partition coefficient (Wildman–Crippen LogP) is 1.29. The lowest BCUT2D eigenvalue weighted by atomic mass is 10.2. The fourth-order valence-corrected chi connectivity index (χ4v) is 4.87. The van der Waals surface area contributed by atoms with Crippen LogP contribution in [-0.2, 0) is 14.8 Å². The van der Waals surface area contributed by atoms with Crippen molar-refractivity contribution in [2.45, 2.75) is 18.1 Å². The second kappa shape index (κ2) is 5.97. The zero-order valence-corrected chi connectivity index (χ0v) is 13.6. The van der Waals surface area contributed by atoms with Crippen molar-refractivity contribution in [3.05, 3.63) is 10.7 Å². The Labute approximate surface area is 127 Å². The first-order valence-electron chi connectivity index (χ1n) is 6.22. The van der Waals surface area contributed by atoms with Gasteiger partial charge in [-0.3, -0.25) is 4.79 Å². The van der Waals surface area contributed by atoms with E-state index in [1.165, 1.54) is 10.5 Å². The Morgan fingerprint density at radius 2 is 1.95 bits per heavy atom. The number of halogens is 1. The van der Waals surface area contributed by atoms with Gasteiger partial charge < -0.3 is 4.90 Å². The molecule has 0 atom stereocenters. The number of aromatic nitrogens is 1. The number of carbonyl (C=O) groups is 1. The molecular weight excluding hydrogens is 322 g/mol. The molecule has 1 aromatic heterocycles. The van der Waals surface area contributed by atoms with Crippen LogP contribution in [0, 0.1) is 5.92 Å². The number of thiazole rings is 1. The highest BCUT2D eigenvalue weighted by molar-refractivity contribution is 7.91. The zero-order chi connectivity index (χ0) is 14.9. The van der Waals surface area contributed by atoms with Crippen LogP contribution in [0.1, 0.15) is 13.8 Å². The lowest BCUT2D eigenvalue weighted by Gasteiger charge is -2.34. The maximum absolute atomic E-state index is 12.3. The second-order valence-corrected chi connectivity index (χ2v) is 8.59. The number of rotatable bonds is 3. The van der Waals surface area contributed by atoms with Crippen LogP contribution in [0.2, 0.25) is 4.47 Å². The molecule has 0 bridgehead atoms. The molecule has 0 radical (unpaired) electrons. The van der Waals surface area contributed by atoms with Crippen LogP contribution in [0.4, 0.5) is 0 Å². The minimum Gasteiger partial charge on any atom is -0.340 e. The number of hydrogen-bond donors (Lipinski definition) is 0. The van der Waals surface area contributed by atoms with Gasteiger partial charge in [-0.05, 0) is 0 Å². The molecule has 1 saturated heterocycles. The van der Waals surface area contributed by atoms with Gasteiger partial charge in [0.1, 0.15) is 0 Å². The van der Waals surface area contributed by atoms with Crippen LogP contribution < -0.4 is 0 Å². The summed E-state index contributed by atoms with van der Waals surface area (Å²) >= 11 is 6.62. The Morgan fingerprint density at radius 3 is 2.40 bits per heavy atom. The van der Waals surface area contributed by atoms with Gasteiger partial charge in [-0.1, -0.05) is 36.8 Å². The van der Waals surface area contributed by atoms with Gasteiger partial charge >= 0.3 is 0 Å². The molecule has 0 aliphatic carbocycles. The molecule has 112 valence electrons. The van der Waals surface area contributed by atoms with E-state index < -0.39 is 10.0 Å². The quantitative estimate of drug-likeness (QED) is 0.833. The van der Waals surface area contributed by atoms with Gasteiger partial charge in [0.2, 0.25) is 5.91 Å². The molecule has 0 spiro atoms. The summed E-state index contributed by atoms with van der Waals surface area (Å²) in [7, 11) is -3.54. The van der Waals surface area contributed by atoms with Gasteiger partial charge in [0, 0.05) is 32.1 Å². The van der Waals surface area contributed by atoms with Crippen molar-refractivity contribution in [1.29, 1.82) is 0 Å². The van der Waals surface area contributed by atoms with Crippen molar-refractivity contribution >= 4 is 38.9 Å². The van der Waals surface area contributed by atoms with E-state index in [4.69, 9.17) is 11.6 Å². The maximum Gasteiger partial charge on any atom is 0.254 e. The first kappa shape index (κ1) is 15.7. The molecule has 1 amide bonds. The smallest absolute Gasteiger partial charge is 0.254 e. The van der Waals surface area contributed by atoms with Gasteiger partial charge in [0.15, 0.2) is 8.68 Å². The molecule has 0 unspecified atom stereocenters. The number of carbonyl (C=O) groups excluding carboxylic acids is 1. The van der Waals surface area contributed by atoms with Crippen molar-refractivity contribution in [2.24, 2.45) is 5.92 Å². The first-order chi connectivity index (χ1) is 9.32. The van der Waals surface area contributed by atoms with E-state index in [0.29, 0.717) is 26.2 Å². The fraction of sp³-hybridized carbons (Fsp3) is 0.636. The molecule has 0 N–H and O–H groups in total. The minimum atomic E-state index is -3.54. The van der Waals surface area contributed by atoms with E-state index in [2.05, 4.69) is 4.98 Å². The number of nitrogens with zero attached hydrogens (tertiary/aromatic N) is 3. The number of sulfonamides is 1. The summed E-state index contributed by atoms with van der Waals surface area (Å²) in [5.41, 5.74) is 0. The third-order valence-corrected chi connectivity index (χ3v) is 6.54. The summed E-state index contributed by atoms with van der Waals surface area (Å²) in [6, 6.07) is 0. The Bertz CT molecular complexity index is 592. The van der Waals surface area contributed by atoms with Gasteiger partial charge in [-0.2, -0.15) is 4.31 Å². The minimum absolute atomic E-state index is 0.0582. The van der Waals surface area contributed by atoms with Crippen molar-refractivity contribution in [1.82, 2.24) is 14.2 Å².